The number of phenols is 1. The van der Waals surface area contributed by atoms with E-state index in [0.29, 0.717) is 37.2 Å². The summed E-state index contributed by atoms with van der Waals surface area (Å²) in [5.74, 6) is -0.666. The Morgan fingerprint density at radius 3 is 2.24 bits per heavy atom. The van der Waals surface area contributed by atoms with Gasteiger partial charge in [0.25, 0.3) is 0 Å². The average molecular weight is 406 g/mol. The van der Waals surface area contributed by atoms with E-state index in [4.69, 9.17) is 0 Å². The van der Waals surface area contributed by atoms with Gasteiger partial charge in [0.05, 0.1) is 17.7 Å². The van der Waals surface area contributed by atoms with Crippen LogP contribution in [0.25, 0.3) is 0 Å². The maximum absolute atomic E-state index is 12.6. The molecule has 3 rings (SSSR count). The van der Waals surface area contributed by atoms with E-state index in [0.717, 1.165) is 12.1 Å². The molecule has 2 aromatic carbocycles. The zero-order valence-corrected chi connectivity index (χ0v) is 15.6. The number of para-hydroxylation sites is 2. The van der Waals surface area contributed by atoms with Gasteiger partial charge < -0.3 is 15.3 Å². The third-order valence-corrected chi connectivity index (χ3v) is 5.02. The van der Waals surface area contributed by atoms with Crippen molar-refractivity contribution in [1.29, 1.82) is 0 Å². The molecule has 0 radical (unpaired) electrons. The molecule has 2 N–H and O–H groups in total. The SMILES string of the molecule is O=C(Nc1ccccc1O)C1CCN(C(=O)Cc2ccc(C(F)(F)F)cc2)CC1. The molecule has 29 heavy (non-hydrogen) atoms. The number of hydrogen-bond donors (Lipinski definition) is 2. The highest BCUT2D eigenvalue weighted by Gasteiger charge is 2.30. The molecular weight excluding hydrogens is 385 g/mol. The van der Waals surface area contributed by atoms with E-state index in [2.05, 4.69) is 5.32 Å². The standard InChI is InChI=1S/C21H21F3N2O3/c22-21(23,24)16-7-5-14(6-8-16)13-19(28)26-11-9-15(10-12-26)20(29)25-17-3-1-2-4-18(17)27/h1-8,15,27H,9-13H2,(H,25,29). The molecule has 0 saturated carbocycles. The van der Waals surface area contributed by atoms with Crippen LogP contribution < -0.4 is 5.32 Å². The third kappa shape index (κ3) is 5.28. The van der Waals surface area contributed by atoms with Crippen LogP contribution in [0.3, 0.4) is 0 Å². The van der Waals surface area contributed by atoms with Gasteiger partial charge in [-0.25, -0.2) is 0 Å². The van der Waals surface area contributed by atoms with Gasteiger partial charge in [-0.05, 0) is 42.7 Å². The molecule has 1 fully saturated rings. The first-order chi connectivity index (χ1) is 13.7. The Bertz CT molecular complexity index is 873. The number of rotatable bonds is 4. The van der Waals surface area contributed by atoms with Crippen LogP contribution in [0.15, 0.2) is 48.5 Å². The van der Waals surface area contributed by atoms with Crippen molar-refractivity contribution in [2.45, 2.75) is 25.4 Å². The Morgan fingerprint density at radius 2 is 1.66 bits per heavy atom. The summed E-state index contributed by atoms with van der Waals surface area (Å²) < 4.78 is 37.8. The second-order valence-corrected chi connectivity index (χ2v) is 7.03. The van der Waals surface area contributed by atoms with E-state index in [1.807, 2.05) is 0 Å². The molecule has 1 saturated heterocycles. The van der Waals surface area contributed by atoms with Crippen LogP contribution in [0, 0.1) is 5.92 Å². The van der Waals surface area contributed by atoms with Crippen LogP contribution in [0.1, 0.15) is 24.0 Å². The van der Waals surface area contributed by atoms with Crippen molar-refractivity contribution in [3.8, 4) is 5.75 Å². The quantitative estimate of drug-likeness (QED) is 0.759. The first kappa shape index (κ1) is 20.7. The van der Waals surface area contributed by atoms with E-state index >= 15 is 0 Å². The summed E-state index contributed by atoms with van der Waals surface area (Å²) in [5, 5.41) is 12.4. The monoisotopic (exact) mass is 406 g/mol. The zero-order chi connectivity index (χ0) is 21.0. The number of amides is 2. The number of nitrogens with one attached hydrogen (secondary N) is 1. The fourth-order valence-corrected chi connectivity index (χ4v) is 3.30. The predicted molar refractivity (Wildman–Crippen MR) is 101 cm³/mol. The lowest BCUT2D eigenvalue weighted by atomic mass is 9.95. The molecule has 0 aromatic heterocycles. The van der Waals surface area contributed by atoms with Crippen molar-refractivity contribution in [2.24, 2.45) is 5.92 Å². The Labute approximate surface area is 166 Å². The topological polar surface area (TPSA) is 69.6 Å². The first-order valence-electron chi connectivity index (χ1n) is 9.27. The molecule has 0 spiro atoms. The van der Waals surface area contributed by atoms with Crippen LogP contribution in [0.4, 0.5) is 18.9 Å². The smallest absolute Gasteiger partial charge is 0.416 e. The van der Waals surface area contributed by atoms with Gasteiger partial charge in [-0.15, -0.1) is 0 Å². The molecule has 1 aliphatic heterocycles. The van der Waals surface area contributed by atoms with Gasteiger partial charge in [0, 0.05) is 19.0 Å². The van der Waals surface area contributed by atoms with Gasteiger partial charge >= 0.3 is 6.18 Å². The minimum Gasteiger partial charge on any atom is -0.506 e. The number of halogens is 3. The van der Waals surface area contributed by atoms with Crippen LogP contribution in [-0.2, 0) is 22.2 Å². The summed E-state index contributed by atoms with van der Waals surface area (Å²) in [5.41, 5.74) is 0.116. The maximum Gasteiger partial charge on any atom is 0.416 e. The lowest BCUT2D eigenvalue weighted by molar-refractivity contribution is -0.137. The van der Waals surface area contributed by atoms with Crippen molar-refractivity contribution < 1.29 is 27.9 Å². The van der Waals surface area contributed by atoms with Crippen LogP contribution in [0.5, 0.6) is 5.75 Å². The summed E-state index contributed by atoms with van der Waals surface area (Å²) in [6, 6.07) is 11.0. The average Bonchev–Trinajstić information content (AvgIpc) is 2.69. The second-order valence-electron chi connectivity index (χ2n) is 7.03. The summed E-state index contributed by atoms with van der Waals surface area (Å²) in [7, 11) is 0. The molecule has 0 unspecified atom stereocenters. The lowest BCUT2D eigenvalue weighted by Gasteiger charge is -2.31. The van der Waals surface area contributed by atoms with E-state index in [-0.39, 0.29) is 29.9 Å². The van der Waals surface area contributed by atoms with Gasteiger partial charge in [-0.2, -0.15) is 13.2 Å². The molecule has 0 atom stereocenters. The van der Waals surface area contributed by atoms with E-state index in [9.17, 15) is 27.9 Å². The number of benzene rings is 2. The predicted octanol–water partition coefficient (Wildman–Crippen LogP) is 3.83. The van der Waals surface area contributed by atoms with Gasteiger partial charge in [0.1, 0.15) is 5.75 Å². The highest BCUT2D eigenvalue weighted by Crippen LogP contribution is 2.29. The van der Waals surface area contributed by atoms with Crippen molar-refractivity contribution in [1.82, 2.24) is 4.90 Å². The number of anilines is 1. The minimum absolute atomic E-state index is 0.00925. The zero-order valence-electron chi connectivity index (χ0n) is 15.6. The normalized spacial score (nSPS) is 15.2. The van der Waals surface area contributed by atoms with Gasteiger partial charge in [-0.1, -0.05) is 24.3 Å². The first-order valence-corrected chi connectivity index (χ1v) is 9.27. The van der Waals surface area contributed by atoms with Crippen molar-refractivity contribution in [3.05, 3.63) is 59.7 Å². The molecule has 1 heterocycles. The number of phenolic OH excluding ortho intramolecular Hbond substituents is 1. The molecule has 0 aliphatic carbocycles. The van der Waals surface area contributed by atoms with Crippen molar-refractivity contribution >= 4 is 17.5 Å². The molecule has 2 amide bonds. The van der Waals surface area contributed by atoms with Gasteiger partial charge in [-0.3, -0.25) is 9.59 Å². The molecule has 154 valence electrons. The molecular formula is C21H21F3N2O3. The Balaban J connectivity index is 1.50. The van der Waals surface area contributed by atoms with E-state index in [1.165, 1.54) is 18.2 Å². The van der Waals surface area contributed by atoms with Crippen molar-refractivity contribution in [3.63, 3.8) is 0 Å². The number of alkyl halides is 3. The number of piperidine rings is 1. The molecule has 1 aliphatic rings. The van der Waals surface area contributed by atoms with Crippen LogP contribution in [0.2, 0.25) is 0 Å². The van der Waals surface area contributed by atoms with Gasteiger partial charge in [0.2, 0.25) is 11.8 Å². The number of aromatic hydroxyl groups is 1. The molecule has 2 aromatic rings. The van der Waals surface area contributed by atoms with Crippen LogP contribution in [-0.4, -0.2) is 34.9 Å². The molecule has 5 nitrogen and oxygen atoms in total. The highest BCUT2D eigenvalue weighted by atomic mass is 19.4. The molecule has 0 bridgehead atoms. The second kappa shape index (κ2) is 8.55. The molecule has 8 heteroatoms. The summed E-state index contributed by atoms with van der Waals surface area (Å²) in [6.45, 7) is 0.802. The Kier molecular flexibility index (Phi) is 6.10. The maximum atomic E-state index is 12.6. The summed E-state index contributed by atoms with van der Waals surface area (Å²) in [6.07, 6.45) is -3.41. The summed E-state index contributed by atoms with van der Waals surface area (Å²) >= 11 is 0. The number of carbonyl (C=O) groups excluding carboxylic acids is 2. The number of likely N-dealkylation sites (tertiary alicyclic amines) is 1. The van der Waals surface area contributed by atoms with Crippen molar-refractivity contribution in [2.75, 3.05) is 18.4 Å². The van der Waals surface area contributed by atoms with Gasteiger partial charge in [0.15, 0.2) is 0 Å². The summed E-state index contributed by atoms with van der Waals surface area (Å²) in [4.78, 5) is 26.4. The number of hydrogen-bond acceptors (Lipinski definition) is 3. The van der Waals surface area contributed by atoms with E-state index in [1.54, 1.807) is 23.1 Å². The Hall–Kier alpha value is -3.03. The lowest BCUT2D eigenvalue weighted by Crippen LogP contribution is -2.42. The van der Waals surface area contributed by atoms with E-state index < -0.39 is 11.7 Å². The van der Waals surface area contributed by atoms with Crippen LogP contribution >= 0.6 is 0 Å². The number of carbonyl (C=O) groups is 2. The fourth-order valence-electron chi connectivity index (χ4n) is 3.30. The number of nitrogens with zero attached hydrogens (tertiary/aromatic N) is 1. The largest absolute Gasteiger partial charge is 0.506 e. The minimum atomic E-state index is -4.40. The Morgan fingerprint density at radius 1 is 1.03 bits per heavy atom. The fraction of sp³-hybridized carbons (Fsp3) is 0.333. The highest BCUT2D eigenvalue weighted by molar-refractivity contribution is 5.94. The third-order valence-electron chi connectivity index (χ3n) is 5.02.